The molecule has 0 aromatic carbocycles. The number of aliphatic hydroxyl groups is 1. The van der Waals surface area contributed by atoms with Crippen LogP contribution in [0.5, 0.6) is 0 Å². The Balaban J connectivity index is 1.86. The van der Waals surface area contributed by atoms with Crippen molar-refractivity contribution in [1.82, 2.24) is 0 Å². The molecule has 2 atom stereocenters. The van der Waals surface area contributed by atoms with E-state index in [2.05, 4.69) is 13.8 Å². The molecule has 4 rings (SSSR count). The number of rotatable bonds is 3. The third kappa shape index (κ3) is 1.62. The van der Waals surface area contributed by atoms with E-state index < -0.39 is 0 Å². The van der Waals surface area contributed by atoms with Gasteiger partial charge in [-0.25, -0.2) is 0 Å². The van der Waals surface area contributed by atoms with Gasteiger partial charge in [-0.05, 0) is 55.3 Å². The average molecular weight is 224 g/mol. The molecular formula is C14H24O2. The van der Waals surface area contributed by atoms with E-state index in [0.29, 0.717) is 17.4 Å². The highest BCUT2D eigenvalue weighted by Crippen LogP contribution is 2.67. The fourth-order valence-electron chi connectivity index (χ4n) is 5.77. The van der Waals surface area contributed by atoms with Crippen LogP contribution in [-0.4, -0.2) is 23.9 Å². The quantitative estimate of drug-likeness (QED) is 0.798. The zero-order chi connectivity index (χ0) is 11.4. The van der Waals surface area contributed by atoms with Crippen molar-refractivity contribution in [1.29, 1.82) is 0 Å². The monoisotopic (exact) mass is 224 g/mol. The Morgan fingerprint density at radius 2 is 1.69 bits per heavy atom. The van der Waals surface area contributed by atoms with Crippen LogP contribution in [-0.2, 0) is 4.74 Å². The van der Waals surface area contributed by atoms with Crippen LogP contribution in [0.15, 0.2) is 0 Å². The maximum atomic E-state index is 8.97. The maximum absolute atomic E-state index is 8.97. The highest BCUT2D eigenvalue weighted by molar-refractivity contribution is 5.11. The Morgan fingerprint density at radius 3 is 2.19 bits per heavy atom. The summed E-state index contributed by atoms with van der Waals surface area (Å²) in [5.74, 6) is 0.880. The van der Waals surface area contributed by atoms with Crippen molar-refractivity contribution in [3.05, 3.63) is 0 Å². The van der Waals surface area contributed by atoms with Crippen molar-refractivity contribution >= 4 is 0 Å². The van der Waals surface area contributed by atoms with Gasteiger partial charge in [-0.2, -0.15) is 0 Å². The molecule has 16 heavy (non-hydrogen) atoms. The molecule has 4 aliphatic rings. The fourth-order valence-corrected chi connectivity index (χ4v) is 5.77. The van der Waals surface area contributed by atoms with Crippen LogP contribution in [0, 0.1) is 16.7 Å². The molecule has 92 valence electrons. The lowest BCUT2D eigenvalue weighted by Gasteiger charge is -2.64. The Bertz CT molecular complexity index is 281. The van der Waals surface area contributed by atoms with Gasteiger partial charge in [-0.3, -0.25) is 0 Å². The van der Waals surface area contributed by atoms with E-state index in [1.807, 2.05) is 0 Å². The predicted molar refractivity (Wildman–Crippen MR) is 63.2 cm³/mol. The molecule has 0 spiro atoms. The molecule has 2 nitrogen and oxygen atoms in total. The van der Waals surface area contributed by atoms with Crippen LogP contribution < -0.4 is 0 Å². The molecule has 2 unspecified atom stereocenters. The number of hydrogen-bond donors (Lipinski definition) is 1. The van der Waals surface area contributed by atoms with Crippen molar-refractivity contribution < 1.29 is 9.84 Å². The lowest BCUT2D eigenvalue weighted by atomic mass is 9.43. The Labute approximate surface area is 98.4 Å². The van der Waals surface area contributed by atoms with Gasteiger partial charge in [0.1, 0.15) is 0 Å². The van der Waals surface area contributed by atoms with E-state index in [1.165, 1.54) is 38.5 Å². The number of ether oxygens (including phenoxy) is 1. The van der Waals surface area contributed by atoms with Crippen LogP contribution in [0.2, 0.25) is 0 Å². The normalized spacial score (nSPS) is 54.6. The van der Waals surface area contributed by atoms with Crippen LogP contribution in [0.4, 0.5) is 0 Å². The van der Waals surface area contributed by atoms with Crippen LogP contribution in [0.25, 0.3) is 0 Å². The first kappa shape index (κ1) is 11.0. The standard InChI is InChI=1S/C14H24O2/c1-12-5-11-6-13(2,8-12)10-14(7-11,9-12)16-4-3-15/h11,15H,3-10H2,1-2H3. The molecule has 0 saturated heterocycles. The summed E-state index contributed by atoms with van der Waals surface area (Å²) in [6.07, 6.45) is 7.91. The topological polar surface area (TPSA) is 29.5 Å². The molecule has 0 aromatic rings. The van der Waals surface area contributed by atoms with Gasteiger partial charge in [0.2, 0.25) is 0 Å². The highest BCUT2D eigenvalue weighted by atomic mass is 16.5. The summed E-state index contributed by atoms with van der Waals surface area (Å²) in [4.78, 5) is 0. The first-order valence-electron chi connectivity index (χ1n) is 6.72. The minimum absolute atomic E-state index is 0.117. The molecule has 4 aliphatic carbocycles. The Kier molecular flexibility index (Phi) is 2.23. The van der Waals surface area contributed by atoms with Crippen molar-refractivity contribution in [2.24, 2.45) is 16.7 Å². The third-order valence-electron chi connectivity index (χ3n) is 5.07. The van der Waals surface area contributed by atoms with E-state index >= 15 is 0 Å². The van der Waals surface area contributed by atoms with E-state index in [-0.39, 0.29) is 12.2 Å². The van der Waals surface area contributed by atoms with Crippen molar-refractivity contribution in [2.75, 3.05) is 13.2 Å². The molecule has 4 fully saturated rings. The molecule has 0 heterocycles. The fraction of sp³-hybridized carbons (Fsp3) is 1.00. The van der Waals surface area contributed by atoms with Gasteiger partial charge in [-0.1, -0.05) is 13.8 Å². The minimum atomic E-state index is 0.117. The lowest BCUT2D eigenvalue weighted by Crippen LogP contribution is -2.59. The zero-order valence-electron chi connectivity index (χ0n) is 10.6. The predicted octanol–water partition coefficient (Wildman–Crippen LogP) is 2.74. The van der Waals surface area contributed by atoms with Gasteiger partial charge in [0, 0.05) is 0 Å². The van der Waals surface area contributed by atoms with Gasteiger partial charge in [-0.15, -0.1) is 0 Å². The van der Waals surface area contributed by atoms with E-state index in [4.69, 9.17) is 9.84 Å². The van der Waals surface area contributed by atoms with E-state index in [9.17, 15) is 0 Å². The summed E-state index contributed by atoms with van der Waals surface area (Å²) in [7, 11) is 0. The summed E-state index contributed by atoms with van der Waals surface area (Å²) < 4.78 is 6.07. The van der Waals surface area contributed by atoms with E-state index in [0.717, 1.165) is 5.92 Å². The largest absolute Gasteiger partial charge is 0.394 e. The van der Waals surface area contributed by atoms with E-state index in [1.54, 1.807) is 0 Å². The zero-order valence-corrected chi connectivity index (χ0v) is 10.6. The van der Waals surface area contributed by atoms with Crippen molar-refractivity contribution in [2.45, 2.75) is 58.0 Å². The molecule has 1 N–H and O–H groups in total. The molecular weight excluding hydrogens is 200 g/mol. The van der Waals surface area contributed by atoms with Crippen molar-refractivity contribution in [3.63, 3.8) is 0 Å². The first-order chi connectivity index (χ1) is 7.47. The maximum Gasteiger partial charge on any atom is 0.0705 e. The number of aliphatic hydroxyl groups excluding tert-OH is 1. The highest BCUT2D eigenvalue weighted by Gasteiger charge is 2.60. The Hall–Kier alpha value is -0.0800. The van der Waals surface area contributed by atoms with Gasteiger partial charge < -0.3 is 9.84 Å². The number of hydrogen-bond acceptors (Lipinski definition) is 2. The second-order valence-corrected chi connectivity index (χ2v) is 7.39. The van der Waals surface area contributed by atoms with Gasteiger partial charge in [0.15, 0.2) is 0 Å². The molecule has 4 bridgehead atoms. The second-order valence-electron chi connectivity index (χ2n) is 7.39. The summed E-state index contributed by atoms with van der Waals surface area (Å²) >= 11 is 0. The Morgan fingerprint density at radius 1 is 1.06 bits per heavy atom. The van der Waals surface area contributed by atoms with Crippen molar-refractivity contribution in [3.8, 4) is 0 Å². The second kappa shape index (κ2) is 3.23. The first-order valence-corrected chi connectivity index (χ1v) is 6.72. The van der Waals surface area contributed by atoms with Crippen LogP contribution in [0.3, 0.4) is 0 Å². The van der Waals surface area contributed by atoms with Gasteiger partial charge in [0.25, 0.3) is 0 Å². The smallest absolute Gasteiger partial charge is 0.0705 e. The molecule has 0 radical (unpaired) electrons. The summed E-state index contributed by atoms with van der Waals surface area (Å²) in [5, 5.41) is 8.97. The van der Waals surface area contributed by atoms with Gasteiger partial charge >= 0.3 is 0 Å². The summed E-state index contributed by atoms with van der Waals surface area (Å²) in [5.41, 5.74) is 1.15. The summed E-state index contributed by atoms with van der Waals surface area (Å²) in [6, 6.07) is 0. The van der Waals surface area contributed by atoms with Crippen LogP contribution >= 0.6 is 0 Å². The SMILES string of the molecule is CC12CC3CC(C)(C1)CC(OCCO)(C3)C2. The lowest BCUT2D eigenvalue weighted by molar-refractivity contribution is -0.216. The molecule has 0 aliphatic heterocycles. The third-order valence-corrected chi connectivity index (χ3v) is 5.07. The molecule has 4 saturated carbocycles. The summed E-state index contributed by atoms with van der Waals surface area (Å²) in [6.45, 7) is 5.60. The molecule has 0 amide bonds. The average Bonchev–Trinajstić information content (AvgIpc) is 2.08. The van der Waals surface area contributed by atoms with Gasteiger partial charge in [0.05, 0.1) is 18.8 Å². The molecule has 2 heteroatoms. The van der Waals surface area contributed by atoms with Crippen LogP contribution in [0.1, 0.15) is 52.4 Å². The minimum Gasteiger partial charge on any atom is -0.394 e. The molecule has 0 aromatic heterocycles.